The predicted octanol–water partition coefficient (Wildman–Crippen LogP) is 4.31. The number of aliphatic carboxylic acids is 1. The number of carboxylic acid groups (broad SMARTS) is 1. The van der Waals surface area contributed by atoms with E-state index >= 15 is 0 Å². The summed E-state index contributed by atoms with van der Waals surface area (Å²) < 4.78 is 44.4. The van der Waals surface area contributed by atoms with Gasteiger partial charge in [0.2, 0.25) is 0 Å². The average Bonchev–Trinajstić information content (AvgIpc) is 3.24. The van der Waals surface area contributed by atoms with Crippen LogP contribution in [0.4, 0.5) is 19.0 Å². The minimum atomic E-state index is -4.45. The molecule has 2 aliphatic heterocycles. The number of hydrogen-bond acceptors (Lipinski definition) is 5. The highest BCUT2D eigenvalue weighted by Gasteiger charge is 2.35. The van der Waals surface area contributed by atoms with Crippen molar-refractivity contribution in [1.29, 1.82) is 0 Å². The number of alkyl halides is 3. The fraction of sp³-hybridized carbons (Fsp3) is 0.500. The van der Waals surface area contributed by atoms with E-state index in [0.717, 1.165) is 55.9 Å². The summed E-state index contributed by atoms with van der Waals surface area (Å²) in [6.07, 6.45) is -0.0687. The first kappa shape index (κ1) is 23.5. The molecule has 2 aromatic rings. The number of likely N-dealkylation sites (tertiary alicyclic amines) is 1. The molecule has 0 amide bonds. The summed E-state index contributed by atoms with van der Waals surface area (Å²) in [4.78, 5) is 18.3. The standard InChI is InChI=1S/C24H28F3N3O3/c25-24(26,27)18-8-5-16(6-9-18)21(23(31)32)30-13-11-20(15-30)33-14-2-4-19-10-7-17-3-1-12-28-22(17)29-19/h5-10,20-21H,1-4,11-15H2,(H,28,29)(H,31,32)/t20-,21+/m1/s1. The van der Waals surface area contributed by atoms with Crippen LogP contribution in [0.25, 0.3) is 0 Å². The van der Waals surface area contributed by atoms with Crippen LogP contribution in [0.1, 0.15) is 47.7 Å². The Bertz CT molecular complexity index is 966. The van der Waals surface area contributed by atoms with Crippen molar-refractivity contribution in [2.75, 3.05) is 31.6 Å². The van der Waals surface area contributed by atoms with Crippen molar-refractivity contribution in [1.82, 2.24) is 9.88 Å². The van der Waals surface area contributed by atoms with Gasteiger partial charge in [-0.3, -0.25) is 9.69 Å². The highest BCUT2D eigenvalue weighted by atomic mass is 19.4. The Labute approximate surface area is 190 Å². The second-order valence-electron chi connectivity index (χ2n) is 8.58. The van der Waals surface area contributed by atoms with E-state index in [-0.39, 0.29) is 6.10 Å². The van der Waals surface area contributed by atoms with E-state index in [9.17, 15) is 23.1 Å². The molecule has 178 valence electrons. The maximum absolute atomic E-state index is 12.8. The Balaban J connectivity index is 1.27. The van der Waals surface area contributed by atoms with Crippen molar-refractivity contribution >= 4 is 11.8 Å². The largest absolute Gasteiger partial charge is 0.480 e. The smallest absolute Gasteiger partial charge is 0.416 e. The quantitative estimate of drug-likeness (QED) is 0.569. The van der Waals surface area contributed by atoms with Gasteiger partial charge in [-0.2, -0.15) is 13.2 Å². The number of rotatable bonds is 8. The summed E-state index contributed by atoms with van der Waals surface area (Å²) in [7, 11) is 0. The van der Waals surface area contributed by atoms with Crippen LogP contribution in [0.5, 0.6) is 0 Å². The maximum atomic E-state index is 12.8. The molecule has 9 heteroatoms. The van der Waals surface area contributed by atoms with Crippen LogP contribution < -0.4 is 5.32 Å². The zero-order chi connectivity index (χ0) is 23.4. The first-order valence-electron chi connectivity index (χ1n) is 11.3. The molecule has 0 bridgehead atoms. The Kier molecular flexibility index (Phi) is 7.19. The topological polar surface area (TPSA) is 74.7 Å². The molecule has 0 radical (unpaired) electrons. The number of pyridine rings is 1. The van der Waals surface area contributed by atoms with Crippen molar-refractivity contribution in [2.45, 2.75) is 50.4 Å². The van der Waals surface area contributed by atoms with Gasteiger partial charge in [-0.05, 0) is 61.4 Å². The van der Waals surface area contributed by atoms with Crippen LogP contribution in [0.15, 0.2) is 36.4 Å². The van der Waals surface area contributed by atoms with Gasteiger partial charge in [0, 0.05) is 31.9 Å². The summed E-state index contributed by atoms with van der Waals surface area (Å²) in [5, 5.41) is 13.0. The van der Waals surface area contributed by atoms with Crippen molar-refractivity contribution in [3.05, 3.63) is 58.8 Å². The lowest BCUT2D eigenvalue weighted by Gasteiger charge is -2.25. The summed E-state index contributed by atoms with van der Waals surface area (Å²) >= 11 is 0. The molecule has 1 fully saturated rings. The van der Waals surface area contributed by atoms with Gasteiger partial charge in [0.05, 0.1) is 11.7 Å². The fourth-order valence-electron chi connectivity index (χ4n) is 4.50. The molecule has 33 heavy (non-hydrogen) atoms. The molecule has 4 rings (SSSR count). The first-order valence-corrected chi connectivity index (χ1v) is 11.3. The molecule has 1 aromatic heterocycles. The zero-order valence-corrected chi connectivity index (χ0v) is 18.3. The van der Waals surface area contributed by atoms with Crippen molar-refractivity contribution < 1.29 is 27.8 Å². The van der Waals surface area contributed by atoms with Gasteiger partial charge in [-0.25, -0.2) is 4.98 Å². The number of hydrogen-bond donors (Lipinski definition) is 2. The number of nitrogens with one attached hydrogen (secondary N) is 1. The van der Waals surface area contributed by atoms with Crippen molar-refractivity contribution in [3.8, 4) is 0 Å². The number of ether oxygens (including phenoxy) is 1. The number of anilines is 1. The van der Waals surface area contributed by atoms with Gasteiger partial charge >= 0.3 is 12.1 Å². The van der Waals surface area contributed by atoms with E-state index in [0.29, 0.717) is 31.7 Å². The number of halogens is 3. The lowest BCUT2D eigenvalue weighted by Crippen LogP contribution is -2.33. The van der Waals surface area contributed by atoms with Gasteiger partial charge in [0.1, 0.15) is 11.9 Å². The third-order valence-corrected chi connectivity index (χ3v) is 6.21. The van der Waals surface area contributed by atoms with E-state index in [4.69, 9.17) is 4.74 Å². The number of carboxylic acids is 1. The zero-order valence-electron chi connectivity index (χ0n) is 18.3. The molecule has 0 unspecified atom stereocenters. The Morgan fingerprint density at radius 1 is 1.24 bits per heavy atom. The van der Waals surface area contributed by atoms with E-state index < -0.39 is 23.8 Å². The minimum Gasteiger partial charge on any atom is -0.480 e. The van der Waals surface area contributed by atoms with Gasteiger partial charge in [-0.15, -0.1) is 0 Å². The summed E-state index contributed by atoms with van der Waals surface area (Å²) in [6, 6.07) is 7.55. The van der Waals surface area contributed by atoms with Crippen LogP contribution >= 0.6 is 0 Å². The normalized spacial score (nSPS) is 19.7. The molecule has 0 aliphatic carbocycles. The van der Waals surface area contributed by atoms with Gasteiger partial charge in [0.15, 0.2) is 0 Å². The van der Waals surface area contributed by atoms with E-state index in [1.165, 1.54) is 17.7 Å². The molecular formula is C24H28F3N3O3. The fourth-order valence-corrected chi connectivity index (χ4v) is 4.50. The van der Waals surface area contributed by atoms with Crippen LogP contribution in [0, 0.1) is 0 Å². The molecule has 1 aromatic carbocycles. The van der Waals surface area contributed by atoms with Gasteiger partial charge in [-0.1, -0.05) is 18.2 Å². The van der Waals surface area contributed by atoms with Gasteiger partial charge in [0.25, 0.3) is 0 Å². The third kappa shape index (κ3) is 5.83. The van der Waals surface area contributed by atoms with Crippen LogP contribution in [0.3, 0.4) is 0 Å². The van der Waals surface area contributed by atoms with Gasteiger partial charge < -0.3 is 15.2 Å². The monoisotopic (exact) mass is 463 g/mol. The molecule has 6 nitrogen and oxygen atoms in total. The Hall–Kier alpha value is -2.65. The highest BCUT2D eigenvalue weighted by Crippen LogP contribution is 2.32. The van der Waals surface area contributed by atoms with Crippen LogP contribution in [-0.2, 0) is 28.5 Å². The molecule has 2 N–H and O–H groups in total. The Morgan fingerprint density at radius 2 is 2.03 bits per heavy atom. The molecule has 0 spiro atoms. The summed E-state index contributed by atoms with van der Waals surface area (Å²) in [6.45, 7) is 2.44. The third-order valence-electron chi connectivity index (χ3n) is 6.21. The maximum Gasteiger partial charge on any atom is 0.416 e. The predicted molar refractivity (Wildman–Crippen MR) is 117 cm³/mol. The Morgan fingerprint density at radius 3 is 2.76 bits per heavy atom. The second-order valence-corrected chi connectivity index (χ2v) is 8.58. The lowest BCUT2D eigenvalue weighted by molar-refractivity contribution is -0.143. The number of carbonyl (C=O) groups is 1. The molecular weight excluding hydrogens is 435 g/mol. The average molecular weight is 464 g/mol. The number of aromatic nitrogens is 1. The minimum absolute atomic E-state index is 0.0977. The number of benzene rings is 1. The highest BCUT2D eigenvalue weighted by molar-refractivity contribution is 5.75. The van der Waals surface area contributed by atoms with Crippen LogP contribution in [0.2, 0.25) is 0 Å². The first-order chi connectivity index (χ1) is 15.8. The SMILES string of the molecule is O=C(O)[C@H](c1ccc(C(F)(F)F)cc1)N1CC[C@@H](OCCCc2ccc3c(n2)NCCC3)C1. The summed E-state index contributed by atoms with van der Waals surface area (Å²) in [5.41, 5.74) is 1.83. The molecule has 1 saturated heterocycles. The molecule has 0 saturated carbocycles. The van der Waals surface area contributed by atoms with Crippen molar-refractivity contribution in [3.63, 3.8) is 0 Å². The van der Waals surface area contributed by atoms with E-state index in [1.54, 1.807) is 4.90 Å². The number of aryl methyl sites for hydroxylation is 2. The molecule has 2 atom stereocenters. The van der Waals surface area contributed by atoms with E-state index in [2.05, 4.69) is 22.4 Å². The lowest BCUT2D eigenvalue weighted by atomic mass is 10.0. The summed E-state index contributed by atoms with van der Waals surface area (Å²) in [5.74, 6) is -0.100. The number of nitrogens with zero attached hydrogens (tertiary/aromatic N) is 2. The second kappa shape index (κ2) is 10.1. The number of fused-ring (bicyclic) bond motifs is 1. The van der Waals surface area contributed by atoms with Crippen molar-refractivity contribution in [2.24, 2.45) is 0 Å². The van der Waals surface area contributed by atoms with Crippen LogP contribution in [-0.4, -0.2) is 53.3 Å². The molecule has 3 heterocycles. The molecule has 2 aliphatic rings. The van der Waals surface area contributed by atoms with E-state index in [1.807, 2.05) is 0 Å².